The molecular formula is C23H38O3. The maximum absolute atomic E-state index is 12.2. The Balaban J connectivity index is 2.79. The molecule has 0 saturated heterocycles. The van der Waals surface area contributed by atoms with Crippen LogP contribution in [0.25, 0.3) is 0 Å². The third-order valence-electron chi connectivity index (χ3n) is 4.96. The van der Waals surface area contributed by atoms with Crippen molar-refractivity contribution in [3.05, 3.63) is 28.3 Å². The van der Waals surface area contributed by atoms with Crippen molar-refractivity contribution >= 4 is 5.97 Å². The van der Waals surface area contributed by atoms with E-state index in [2.05, 4.69) is 48.5 Å². The van der Waals surface area contributed by atoms with Crippen LogP contribution in [0, 0.1) is 25.2 Å². The van der Waals surface area contributed by atoms with Crippen LogP contribution >= 0.6 is 0 Å². The van der Waals surface area contributed by atoms with E-state index in [4.69, 9.17) is 4.74 Å². The van der Waals surface area contributed by atoms with Gasteiger partial charge in [0.1, 0.15) is 5.75 Å². The molecule has 1 rings (SSSR count). The summed E-state index contributed by atoms with van der Waals surface area (Å²) in [6.45, 7) is 19.3. The van der Waals surface area contributed by atoms with E-state index in [0.29, 0.717) is 31.1 Å². The van der Waals surface area contributed by atoms with Gasteiger partial charge in [0.2, 0.25) is 0 Å². The van der Waals surface area contributed by atoms with Gasteiger partial charge in [-0.05, 0) is 65.7 Å². The molecule has 0 heterocycles. The van der Waals surface area contributed by atoms with E-state index in [-0.39, 0.29) is 16.8 Å². The molecule has 3 nitrogen and oxygen atoms in total. The van der Waals surface area contributed by atoms with E-state index in [1.54, 1.807) is 0 Å². The van der Waals surface area contributed by atoms with Gasteiger partial charge in [-0.1, -0.05) is 54.5 Å². The zero-order valence-corrected chi connectivity index (χ0v) is 18.2. The fourth-order valence-corrected chi connectivity index (χ4v) is 3.55. The molecule has 1 aromatic carbocycles. The van der Waals surface area contributed by atoms with Crippen molar-refractivity contribution in [2.75, 3.05) is 6.61 Å². The first-order valence-corrected chi connectivity index (χ1v) is 9.73. The van der Waals surface area contributed by atoms with Crippen LogP contribution in [0.4, 0.5) is 0 Å². The summed E-state index contributed by atoms with van der Waals surface area (Å²) in [6.07, 6.45) is 2.04. The summed E-state index contributed by atoms with van der Waals surface area (Å²) in [4.78, 5) is 12.2. The van der Waals surface area contributed by atoms with Gasteiger partial charge < -0.3 is 9.84 Å². The molecule has 0 aliphatic carbocycles. The van der Waals surface area contributed by atoms with Crippen molar-refractivity contribution in [3.8, 4) is 5.75 Å². The number of aromatic hydroxyl groups is 1. The lowest BCUT2D eigenvalue weighted by atomic mass is 9.82. The van der Waals surface area contributed by atoms with Crippen LogP contribution in [0.15, 0.2) is 6.07 Å². The number of aryl methyl sites for hydroxylation is 1. The van der Waals surface area contributed by atoms with Crippen LogP contribution in [-0.4, -0.2) is 17.7 Å². The molecule has 0 atom stereocenters. The van der Waals surface area contributed by atoms with Gasteiger partial charge in [0.05, 0.1) is 6.61 Å². The zero-order chi connectivity index (χ0) is 20.3. The van der Waals surface area contributed by atoms with Gasteiger partial charge in [0.25, 0.3) is 0 Å². The molecule has 0 saturated carbocycles. The van der Waals surface area contributed by atoms with E-state index < -0.39 is 0 Å². The second-order valence-corrected chi connectivity index (χ2v) is 9.85. The number of phenolic OH excluding ortho intramolecular Hbond substituents is 1. The fraction of sp³-hybridized carbons (Fsp3) is 0.696. The Labute approximate surface area is 160 Å². The highest BCUT2D eigenvalue weighted by atomic mass is 16.5. The number of carbonyl (C=O) groups is 1. The average Bonchev–Trinajstić information content (AvgIpc) is 2.47. The Hall–Kier alpha value is -1.51. The Bertz CT molecular complexity index is 634. The number of esters is 1. The van der Waals surface area contributed by atoms with Crippen molar-refractivity contribution < 1.29 is 14.6 Å². The van der Waals surface area contributed by atoms with Crippen molar-refractivity contribution in [2.24, 2.45) is 11.3 Å². The minimum absolute atomic E-state index is 0.00821. The topological polar surface area (TPSA) is 46.5 Å². The lowest BCUT2D eigenvalue weighted by Gasteiger charge is -2.26. The lowest BCUT2D eigenvalue weighted by Crippen LogP contribution is -2.24. The first-order valence-electron chi connectivity index (χ1n) is 9.73. The summed E-state index contributed by atoms with van der Waals surface area (Å²) in [7, 11) is 0. The highest BCUT2D eigenvalue weighted by Crippen LogP contribution is 2.36. The number of hydrogen-bond donors (Lipinski definition) is 1. The zero-order valence-electron chi connectivity index (χ0n) is 18.2. The predicted octanol–water partition coefficient (Wildman–Crippen LogP) is 5.85. The maximum atomic E-state index is 12.2. The normalized spacial score (nSPS) is 12.5. The molecule has 1 N–H and O–H groups in total. The second kappa shape index (κ2) is 8.45. The third-order valence-corrected chi connectivity index (χ3v) is 4.96. The van der Waals surface area contributed by atoms with Gasteiger partial charge >= 0.3 is 5.97 Å². The van der Waals surface area contributed by atoms with Gasteiger partial charge in [0, 0.05) is 6.42 Å². The van der Waals surface area contributed by atoms with Crippen LogP contribution < -0.4 is 0 Å². The first kappa shape index (κ1) is 22.5. The summed E-state index contributed by atoms with van der Waals surface area (Å²) < 4.78 is 5.53. The molecule has 0 bridgehead atoms. The van der Waals surface area contributed by atoms with Crippen LogP contribution in [0.1, 0.15) is 83.6 Å². The monoisotopic (exact) mass is 362 g/mol. The molecule has 1 aromatic rings. The Morgan fingerprint density at radius 2 is 1.69 bits per heavy atom. The molecule has 0 fully saturated rings. The minimum Gasteiger partial charge on any atom is -0.507 e. The molecule has 3 heteroatoms. The van der Waals surface area contributed by atoms with Gasteiger partial charge in [-0.3, -0.25) is 4.79 Å². The molecule has 0 aromatic heterocycles. The van der Waals surface area contributed by atoms with Crippen LogP contribution in [-0.2, 0) is 21.4 Å². The highest BCUT2D eigenvalue weighted by molar-refractivity contribution is 5.70. The fourth-order valence-electron chi connectivity index (χ4n) is 3.55. The van der Waals surface area contributed by atoms with Gasteiger partial charge in [0.15, 0.2) is 0 Å². The molecular weight excluding hydrogens is 324 g/mol. The summed E-state index contributed by atoms with van der Waals surface area (Å²) in [5.41, 5.74) is 3.88. The number of rotatable bonds is 7. The van der Waals surface area contributed by atoms with E-state index in [1.165, 1.54) is 0 Å². The third kappa shape index (κ3) is 6.34. The summed E-state index contributed by atoms with van der Waals surface area (Å²) >= 11 is 0. The van der Waals surface area contributed by atoms with Crippen molar-refractivity contribution in [3.63, 3.8) is 0 Å². The SMILES string of the molecule is Cc1c(CCC(=O)OCC(C)(C)CC(C)C)cc(C(C)(C)C)c(O)c1C. The molecule has 26 heavy (non-hydrogen) atoms. The van der Waals surface area contributed by atoms with Crippen LogP contribution in [0.2, 0.25) is 0 Å². The van der Waals surface area contributed by atoms with E-state index >= 15 is 0 Å². The Morgan fingerprint density at radius 3 is 2.19 bits per heavy atom. The molecule has 0 radical (unpaired) electrons. The molecule has 0 unspecified atom stereocenters. The Kier molecular flexibility index (Phi) is 7.33. The number of hydrogen-bond acceptors (Lipinski definition) is 3. The molecule has 0 aliphatic rings. The van der Waals surface area contributed by atoms with Crippen LogP contribution in [0.3, 0.4) is 0 Å². The van der Waals surface area contributed by atoms with Crippen LogP contribution in [0.5, 0.6) is 5.75 Å². The molecule has 148 valence electrons. The van der Waals surface area contributed by atoms with Crippen molar-refractivity contribution in [1.29, 1.82) is 0 Å². The maximum Gasteiger partial charge on any atom is 0.306 e. The molecule has 0 amide bonds. The standard InChI is InChI=1S/C23H38O3/c1-15(2)13-23(8,9)14-26-20(24)11-10-18-12-19(22(5,6)7)21(25)17(4)16(18)3/h12,15,25H,10-11,13-14H2,1-9H3. The first-order chi connectivity index (χ1) is 11.7. The molecule has 0 spiro atoms. The number of ether oxygens (including phenoxy) is 1. The van der Waals surface area contributed by atoms with Gasteiger partial charge in [-0.2, -0.15) is 0 Å². The lowest BCUT2D eigenvalue weighted by molar-refractivity contribution is -0.147. The van der Waals surface area contributed by atoms with E-state index in [9.17, 15) is 9.90 Å². The predicted molar refractivity (Wildman–Crippen MR) is 109 cm³/mol. The quantitative estimate of drug-likeness (QED) is 0.618. The van der Waals surface area contributed by atoms with E-state index in [0.717, 1.165) is 28.7 Å². The smallest absolute Gasteiger partial charge is 0.306 e. The summed E-state index contributed by atoms with van der Waals surface area (Å²) in [5, 5.41) is 10.5. The Morgan fingerprint density at radius 1 is 1.12 bits per heavy atom. The average molecular weight is 363 g/mol. The minimum atomic E-state index is -0.149. The van der Waals surface area contributed by atoms with Gasteiger partial charge in [-0.25, -0.2) is 0 Å². The van der Waals surface area contributed by atoms with Crippen molar-refractivity contribution in [1.82, 2.24) is 0 Å². The largest absolute Gasteiger partial charge is 0.507 e. The van der Waals surface area contributed by atoms with Gasteiger partial charge in [-0.15, -0.1) is 0 Å². The number of carbonyl (C=O) groups excluding carboxylic acids is 1. The van der Waals surface area contributed by atoms with E-state index in [1.807, 2.05) is 19.9 Å². The van der Waals surface area contributed by atoms with Crippen molar-refractivity contribution in [2.45, 2.75) is 87.0 Å². The number of benzene rings is 1. The number of phenols is 1. The summed E-state index contributed by atoms with van der Waals surface area (Å²) in [5.74, 6) is 0.808. The second-order valence-electron chi connectivity index (χ2n) is 9.85. The highest BCUT2D eigenvalue weighted by Gasteiger charge is 2.23. The molecule has 0 aliphatic heterocycles. The summed E-state index contributed by atoms with van der Waals surface area (Å²) in [6, 6.07) is 2.05.